The molecule has 2 rings (SSSR count). The first-order chi connectivity index (χ1) is 9.95. The minimum Gasteiger partial charge on any atom is -0.467 e. The molecule has 0 aliphatic heterocycles. The van der Waals surface area contributed by atoms with Crippen LogP contribution >= 0.6 is 0 Å². The van der Waals surface area contributed by atoms with Gasteiger partial charge in [-0.15, -0.1) is 0 Å². The first-order valence-electron chi connectivity index (χ1n) is 7.59. The average molecular weight is 293 g/mol. The van der Waals surface area contributed by atoms with Gasteiger partial charge < -0.3 is 10.1 Å². The molecule has 1 saturated carbocycles. The number of nitrogens with one attached hydrogen (secondary N) is 1. The van der Waals surface area contributed by atoms with Gasteiger partial charge in [0.1, 0.15) is 11.4 Å². The van der Waals surface area contributed by atoms with Crippen LogP contribution in [0.4, 0.5) is 10.1 Å². The second kappa shape index (κ2) is 6.46. The van der Waals surface area contributed by atoms with Gasteiger partial charge in [0.05, 0.1) is 7.11 Å². The van der Waals surface area contributed by atoms with Crippen molar-refractivity contribution in [2.45, 2.75) is 51.5 Å². The molecule has 1 aromatic rings. The lowest BCUT2D eigenvalue weighted by atomic mass is 9.89. The second-order valence-electron chi connectivity index (χ2n) is 6.25. The van der Waals surface area contributed by atoms with E-state index < -0.39 is 5.54 Å². The zero-order valence-electron chi connectivity index (χ0n) is 13.0. The lowest BCUT2D eigenvalue weighted by Crippen LogP contribution is -2.47. The molecule has 1 aliphatic rings. The van der Waals surface area contributed by atoms with E-state index >= 15 is 0 Å². The monoisotopic (exact) mass is 293 g/mol. The van der Waals surface area contributed by atoms with Gasteiger partial charge in [-0.1, -0.05) is 19.8 Å². The highest BCUT2D eigenvalue weighted by Crippen LogP contribution is 2.34. The summed E-state index contributed by atoms with van der Waals surface area (Å²) in [5.41, 5.74) is 0.742. The van der Waals surface area contributed by atoms with Crippen LogP contribution in [0.2, 0.25) is 0 Å². The molecule has 0 saturated heterocycles. The smallest absolute Gasteiger partial charge is 0.331 e. The zero-order valence-corrected chi connectivity index (χ0v) is 13.0. The van der Waals surface area contributed by atoms with Gasteiger partial charge in [-0.2, -0.15) is 0 Å². The van der Waals surface area contributed by atoms with Gasteiger partial charge in [-0.25, -0.2) is 9.18 Å². The highest BCUT2D eigenvalue weighted by atomic mass is 19.1. The van der Waals surface area contributed by atoms with E-state index in [1.807, 2.05) is 13.0 Å². The molecule has 3 nitrogen and oxygen atoms in total. The van der Waals surface area contributed by atoms with Gasteiger partial charge in [0.15, 0.2) is 0 Å². The predicted molar refractivity (Wildman–Crippen MR) is 81.8 cm³/mol. The Bertz CT molecular complexity index is 497. The Kier molecular flexibility index (Phi) is 4.86. The molecule has 2 atom stereocenters. The summed E-state index contributed by atoms with van der Waals surface area (Å²) in [6, 6.07) is 4.78. The van der Waals surface area contributed by atoms with Gasteiger partial charge in [0.2, 0.25) is 0 Å². The molecule has 0 bridgehead atoms. The summed E-state index contributed by atoms with van der Waals surface area (Å²) in [5, 5.41) is 3.27. The van der Waals surface area contributed by atoms with Crippen molar-refractivity contribution in [1.29, 1.82) is 0 Å². The molecule has 2 unspecified atom stereocenters. The Hall–Kier alpha value is -1.58. The van der Waals surface area contributed by atoms with Crippen molar-refractivity contribution >= 4 is 11.7 Å². The minimum absolute atomic E-state index is 0.251. The second-order valence-corrected chi connectivity index (χ2v) is 6.25. The molecule has 0 spiro atoms. The van der Waals surface area contributed by atoms with Gasteiger partial charge in [0.25, 0.3) is 0 Å². The number of rotatable bonds is 3. The molecule has 1 fully saturated rings. The maximum absolute atomic E-state index is 13.6. The fraction of sp³-hybridized carbons (Fsp3) is 0.588. The van der Waals surface area contributed by atoms with Gasteiger partial charge in [-0.3, -0.25) is 0 Å². The van der Waals surface area contributed by atoms with Crippen LogP contribution in [-0.2, 0) is 9.53 Å². The summed E-state index contributed by atoms with van der Waals surface area (Å²) < 4.78 is 18.6. The molecular weight excluding hydrogens is 269 g/mol. The first-order valence-corrected chi connectivity index (χ1v) is 7.59. The van der Waals surface area contributed by atoms with Crippen molar-refractivity contribution < 1.29 is 13.9 Å². The van der Waals surface area contributed by atoms with Crippen LogP contribution in [0.3, 0.4) is 0 Å². The Morgan fingerprint density at radius 1 is 1.33 bits per heavy atom. The quantitative estimate of drug-likeness (QED) is 0.674. The predicted octanol–water partition coefficient (Wildman–Crippen LogP) is 4.06. The summed E-state index contributed by atoms with van der Waals surface area (Å²) in [6.45, 7) is 4.05. The van der Waals surface area contributed by atoms with E-state index in [1.165, 1.54) is 19.2 Å². The zero-order chi connectivity index (χ0) is 15.5. The minimum atomic E-state index is -0.736. The molecule has 4 heteroatoms. The van der Waals surface area contributed by atoms with Crippen molar-refractivity contribution in [3.63, 3.8) is 0 Å². The van der Waals surface area contributed by atoms with E-state index in [0.29, 0.717) is 11.6 Å². The van der Waals surface area contributed by atoms with E-state index in [9.17, 15) is 9.18 Å². The van der Waals surface area contributed by atoms with Crippen LogP contribution in [0.5, 0.6) is 0 Å². The highest BCUT2D eigenvalue weighted by Gasteiger charge is 2.40. The third-order valence-corrected chi connectivity index (χ3v) is 4.37. The lowest BCUT2D eigenvalue weighted by molar-refractivity contribution is -0.146. The maximum atomic E-state index is 13.6. The summed E-state index contributed by atoms with van der Waals surface area (Å²) in [4.78, 5) is 12.3. The number of aryl methyl sites for hydroxylation is 1. The lowest BCUT2D eigenvalue weighted by Gasteiger charge is -2.32. The number of anilines is 1. The fourth-order valence-electron chi connectivity index (χ4n) is 3.17. The molecule has 1 aromatic carbocycles. The fourth-order valence-corrected chi connectivity index (χ4v) is 3.17. The van der Waals surface area contributed by atoms with Crippen molar-refractivity contribution in [2.24, 2.45) is 5.92 Å². The van der Waals surface area contributed by atoms with E-state index in [2.05, 4.69) is 12.2 Å². The molecule has 0 radical (unpaired) electrons. The highest BCUT2D eigenvalue weighted by molar-refractivity contribution is 5.84. The Balaban J connectivity index is 2.29. The average Bonchev–Trinajstić information content (AvgIpc) is 2.60. The number of carbonyl (C=O) groups is 1. The molecule has 0 aromatic heterocycles. The summed E-state index contributed by atoms with van der Waals surface area (Å²) in [7, 11) is 1.41. The molecule has 116 valence electrons. The topological polar surface area (TPSA) is 38.3 Å². The van der Waals surface area contributed by atoms with Crippen LogP contribution in [0.1, 0.15) is 44.6 Å². The Morgan fingerprint density at radius 2 is 2.10 bits per heavy atom. The number of esters is 1. The molecule has 1 aliphatic carbocycles. The number of hydrogen-bond donors (Lipinski definition) is 1. The number of benzene rings is 1. The third-order valence-electron chi connectivity index (χ3n) is 4.37. The van der Waals surface area contributed by atoms with Crippen molar-refractivity contribution in [2.75, 3.05) is 12.4 Å². The number of halogens is 1. The van der Waals surface area contributed by atoms with Crippen molar-refractivity contribution in [1.82, 2.24) is 0 Å². The SMILES string of the molecule is COC(=O)C1(Nc2cc(C)cc(F)c2)CCCC(C)CC1. The largest absolute Gasteiger partial charge is 0.467 e. The van der Waals surface area contributed by atoms with Crippen molar-refractivity contribution in [3.8, 4) is 0 Å². The van der Waals surface area contributed by atoms with Crippen LogP contribution in [0, 0.1) is 18.7 Å². The molecule has 1 N–H and O–H groups in total. The van der Waals surface area contributed by atoms with E-state index in [1.54, 1.807) is 0 Å². The standard InChI is InChI=1S/C17H24FNO2/c1-12-5-4-7-17(8-6-12,16(20)21-3)19-15-10-13(2)9-14(18)11-15/h9-12,19H,4-8H2,1-3H3. The number of ether oxygens (including phenoxy) is 1. The maximum Gasteiger partial charge on any atom is 0.331 e. The molecular formula is C17H24FNO2. The Morgan fingerprint density at radius 3 is 2.76 bits per heavy atom. The van der Waals surface area contributed by atoms with Gasteiger partial charge in [-0.05, 0) is 55.9 Å². The van der Waals surface area contributed by atoms with Crippen LogP contribution in [-0.4, -0.2) is 18.6 Å². The van der Waals surface area contributed by atoms with Gasteiger partial charge in [0, 0.05) is 5.69 Å². The number of carbonyl (C=O) groups excluding carboxylic acids is 1. The van der Waals surface area contributed by atoms with Gasteiger partial charge >= 0.3 is 5.97 Å². The normalized spacial score (nSPS) is 26.0. The summed E-state index contributed by atoms with van der Waals surface area (Å²) >= 11 is 0. The van der Waals surface area contributed by atoms with Crippen LogP contribution in [0.25, 0.3) is 0 Å². The summed E-state index contributed by atoms with van der Waals surface area (Å²) in [5.74, 6) is 0.0607. The summed E-state index contributed by atoms with van der Waals surface area (Å²) in [6.07, 6.45) is 4.49. The third kappa shape index (κ3) is 3.74. The Labute approximate surface area is 125 Å². The van der Waals surface area contributed by atoms with E-state index in [-0.39, 0.29) is 11.8 Å². The first kappa shape index (κ1) is 15.8. The molecule has 0 heterocycles. The van der Waals surface area contributed by atoms with Crippen LogP contribution < -0.4 is 5.32 Å². The number of hydrogen-bond acceptors (Lipinski definition) is 3. The van der Waals surface area contributed by atoms with E-state index in [0.717, 1.165) is 37.7 Å². The number of methoxy groups -OCH3 is 1. The molecule has 21 heavy (non-hydrogen) atoms. The van der Waals surface area contributed by atoms with E-state index in [4.69, 9.17) is 4.74 Å². The van der Waals surface area contributed by atoms with Crippen molar-refractivity contribution in [3.05, 3.63) is 29.6 Å². The van der Waals surface area contributed by atoms with Crippen LogP contribution in [0.15, 0.2) is 18.2 Å². The molecule has 0 amide bonds.